The molecule has 0 spiro atoms. The summed E-state index contributed by atoms with van der Waals surface area (Å²) < 4.78 is 6.77. The Hall–Kier alpha value is -2.38. The molecule has 4 unspecified atom stereocenters. The lowest BCUT2D eigenvalue weighted by atomic mass is 10.1. The standard InChI is InChI=1S/C13H17N5O7/c19-1-5(13(23)24)17-10-7-11(15-3-14-10)18(4-16-7)12-9(22)8(21)6(2-20)25-12/h3-6,8-9,12,19-22H,1-2H2,(H,23,24)(H,14,15,17)/t5-,6?,8?,9?,12?/m1/s1. The van der Waals surface area contributed by atoms with Gasteiger partial charge in [-0.1, -0.05) is 0 Å². The highest BCUT2D eigenvalue weighted by molar-refractivity contribution is 5.86. The fraction of sp³-hybridized carbons (Fsp3) is 0.538. The maximum Gasteiger partial charge on any atom is 0.328 e. The van der Waals surface area contributed by atoms with Crippen molar-refractivity contribution in [3.05, 3.63) is 12.7 Å². The topological polar surface area (TPSA) is 183 Å². The van der Waals surface area contributed by atoms with Crippen molar-refractivity contribution < 1.29 is 35.1 Å². The van der Waals surface area contributed by atoms with Gasteiger partial charge >= 0.3 is 5.97 Å². The second kappa shape index (κ2) is 6.85. The van der Waals surface area contributed by atoms with Gasteiger partial charge in [0, 0.05) is 0 Å². The summed E-state index contributed by atoms with van der Waals surface area (Å²) in [5.74, 6) is -1.19. The molecule has 1 fully saturated rings. The summed E-state index contributed by atoms with van der Waals surface area (Å²) in [6, 6.07) is -1.28. The van der Waals surface area contributed by atoms with Crippen LogP contribution in [0.3, 0.4) is 0 Å². The molecule has 6 N–H and O–H groups in total. The number of nitrogens with zero attached hydrogens (tertiary/aromatic N) is 4. The summed E-state index contributed by atoms with van der Waals surface area (Å²) in [6.07, 6.45) is -2.14. The maximum absolute atomic E-state index is 11.0. The number of carbonyl (C=O) groups is 1. The second-order valence-corrected chi connectivity index (χ2v) is 5.49. The Balaban J connectivity index is 1.95. The molecule has 136 valence electrons. The minimum absolute atomic E-state index is 0.0805. The molecular weight excluding hydrogens is 338 g/mol. The van der Waals surface area contributed by atoms with Crippen LogP contribution in [0.4, 0.5) is 5.82 Å². The molecule has 1 aliphatic rings. The lowest BCUT2D eigenvalue weighted by molar-refractivity contribution is -0.138. The minimum atomic E-state index is -1.31. The quantitative estimate of drug-likeness (QED) is 0.317. The average molecular weight is 355 g/mol. The van der Waals surface area contributed by atoms with Crippen LogP contribution in [-0.2, 0) is 9.53 Å². The van der Waals surface area contributed by atoms with Crippen molar-refractivity contribution in [2.75, 3.05) is 18.5 Å². The molecule has 2 aromatic heterocycles. The van der Waals surface area contributed by atoms with Crippen LogP contribution in [0.1, 0.15) is 6.23 Å². The number of aromatic nitrogens is 4. The second-order valence-electron chi connectivity index (χ2n) is 5.49. The normalized spacial score (nSPS) is 27.5. The molecule has 0 aromatic carbocycles. The zero-order valence-electron chi connectivity index (χ0n) is 12.8. The first kappa shape index (κ1) is 17.4. The minimum Gasteiger partial charge on any atom is -0.480 e. The Morgan fingerprint density at radius 3 is 2.64 bits per heavy atom. The average Bonchev–Trinajstić information content (AvgIpc) is 3.15. The smallest absolute Gasteiger partial charge is 0.328 e. The van der Waals surface area contributed by atoms with Gasteiger partial charge in [-0.2, -0.15) is 0 Å². The number of aliphatic hydroxyl groups is 4. The van der Waals surface area contributed by atoms with Crippen LogP contribution in [0.15, 0.2) is 12.7 Å². The van der Waals surface area contributed by atoms with Crippen LogP contribution in [0.5, 0.6) is 0 Å². The van der Waals surface area contributed by atoms with Crippen molar-refractivity contribution in [1.29, 1.82) is 0 Å². The summed E-state index contributed by atoms with van der Waals surface area (Å²) in [4.78, 5) is 23.1. The van der Waals surface area contributed by atoms with Gasteiger partial charge < -0.3 is 35.6 Å². The molecule has 0 amide bonds. The first-order valence-corrected chi connectivity index (χ1v) is 7.38. The molecule has 0 saturated carbocycles. The van der Waals surface area contributed by atoms with Gasteiger partial charge in [0.1, 0.15) is 30.7 Å². The number of aliphatic carboxylic acids is 1. The SMILES string of the molecule is O=C(O)[C@@H](CO)Nc1ncnc2c1ncn2C1OC(CO)C(O)C1O. The first-order chi connectivity index (χ1) is 12.0. The Morgan fingerprint density at radius 1 is 1.28 bits per heavy atom. The van der Waals surface area contributed by atoms with E-state index in [-0.39, 0.29) is 17.0 Å². The van der Waals surface area contributed by atoms with Crippen LogP contribution in [0.25, 0.3) is 11.2 Å². The zero-order chi connectivity index (χ0) is 18.1. The number of aliphatic hydroxyl groups excluding tert-OH is 4. The molecule has 12 heteroatoms. The van der Waals surface area contributed by atoms with Gasteiger partial charge in [0.15, 0.2) is 23.2 Å². The summed E-state index contributed by atoms with van der Waals surface area (Å²) >= 11 is 0. The van der Waals surface area contributed by atoms with Crippen LogP contribution < -0.4 is 5.32 Å². The van der Waals surface area contributed by atoms with E-state index in [9.17, 15) is 15.0 Å². The van der Waals surface area contributed by atoms with Gasteiger partial charge in [0.05, 0.1) is 19.5 Å². The van der Waals surface area contributed by atoms with E-state index in [1.807, 2.05) is 0 Å². The van der Waals surface area contributed by atoms with E-state index < -0.39 is 49.8 Å². The lowest BCUT2D eigenvalue weighted by Gasteiger charge is -2.17. The number of anilines is 1. The fourth-order valence-electron chi connectivity index (χ4n) is 2.60. The van der Waals surface area contributed by atoms with Gasteiger partial charge in [-0.25, -0.2) is 19.7 Å². The zero-order valence-corrected chi connectivity index (χ0v) is 12.8. The Bertz CT molecular complexity index is 768. The van der Waals surface area contributed by atoms with Crippen molar-refractivity contribution in [2.45, 2.75) is 30.6 Å². The molecule has 25 heavy (non-hydrogen) atoms. The third kappa shape index (κ3) is 3.01. The Kier molecular flexibility index (Phi) is 4.78. The summed E-state index contributed by atoms with van der Waals surface area (Å²) in [5, 5.41) is 49.8. The van der Waals surface area contributed by atoms with Gasteiger partial charge in [0.2, 0.25) is 0 Å². The monoisotopic (exact) mass is 355 g/mol. The van der Waals surface area contributed by atoms with Gasteiger partial charge in [-0.3, -0.25) is 4.57 Å². The predicted molar refractivity (Wildman–Crippen MR) is 80.5 cm³/mol. The van der Waals surface area contributed by atoms with E-state index >= 15 is 0 Å². The van der Waals surface area contributed by atoms with E-state index in [1.54, 1.807) is 0 Å². The molecule has 0 radical (unpaired) electrons. The predicted octanol–water partition coefficient (Wildman–Crippen LogP) is -2.70. The van der Waals surface area contributed by atoms with E-state index in [1.165, 1.54) is 10.9 Å². The van der Waals surface area contributed by atoms with E-state index in [2.05, 4.69) is 20.3 Å². The molecular formula is C13H17N5O7. The lowest BCUT2D eigenvalue weighted by Crippen LogP contribution is -2.33. The highest BCUT2D eigenvalue weighted by Gasteiger charge is 2.44. The van der Waals surface area contributed by atoms with Crippen molar-refractivity contribution in [1.82, 2.24) is 19.5 Å². The van der Waals surface area contributed by atoms with Crippen LogP contribution in [0.2, 0.25) is 0 Å². The highest BCUT2D eigenvalue weighted by atomic mass is 16.6. The molecule has 0 aliphatic carbocycles. The molecule has 0 bridgehead atoms. The Labute approximate surface area is 140 Å². The van der Waals surface area contributed by atoms with Crippen molar-refractivity contribution in [2.24, 2.45) is 0 Å². The summed E-state index contributed by atoms with van der Waals surface area (Å²) in [5.41, 5.74) is 0.411. The number of hydrogen-bond donors (Lipinski definition) is 6. The summed E-state index contributed by atoms with van der Waals surface area (Å²) in [6.45, 7) is -1.13. The van der Waals surface area contributed by atoms with Crippen molar-refractivity contribution >= 4 is 23.0 Å². The molecule has 5 atom stereocenters. The third-order valence-electron chi connectivity index (χ3n) is 3.94. The molecule has 3 rings (SSSR count). The van der Waals surface area contributed by atoms with Crippen LogP contribution >= 0.6 is 0 Å². The fourth-order valence-corrected chi connectivity index (χ4v) is 2.60. The Morgan fingerprint density at radius 2 is 2.04 bits per heavy atom. The van der Waals surface area contributed by atoms with E-state index in [0.29, 0.717) is 0 Å². The molecule has 1 aliphatic heterocycles. The van der Waals surface area contributed by atoms with Crippen molar-refractivity contribution in [3.63, 3.8) is 0 Å². The first-order valence-electron chi connectivity index (χ1n) is 7.38. The number of rotatable bonds is 6. The highest BCUT2D eigenvalue weighted by Crippen LogP contribution is 2.32. The molecule has 2 aromatic rings. The van der Waals surface area contributed by atoms with Gasteiger partial charge in [0.25, 0.3) is 0 Å². The number of carboxylic acid groups (broad SMARTS) is 1. The molecule has 12 nitrogen and oxygen atoms in total. The third-order valence-corrected chi connectivity index (χ3v) is 3.94. The largest absolute Gasteiger partial charge is 0.480 e. The van der Waals surface area contributed by atoms with Crippen LogP contribution in [-0.4, -0.2) is 88.6 Å². The number of ether oxygens (including phenoxy) is 1. The molecule has 3 heterocycles. The van der Waals surface area contributed by atoms with Gasteiger partial charge in [-0.15, -0.1) is 0 Å². The number of imidazole rings is 1. The van der Waals surface area contributed by atoms with Gasteiger partial charge in [-0.05, 0) is 0 Å². The molecule has 1 saturated heterocycles. The van der Waals surface area contributed by atoms with E-state index in [4.69, 9.17) is 20.1 Å². The van der Waals surface area contributed by atoms with Crippen molar-refractivity contribution in [3.8, 4) is 0 Å². The summed E-state index contributed by atoms with van der Waals surface area (Å²) in [7, 11) is 0. The number of fused-ring (bicyclic) bond motifs is 1. The number of carboxylic acids is 1. The number of nitrogens with one attached hydrogen (secondary N) is 1. The van der Waals surface area contributed by atoms with E-state index in [0.717, 1.165) is 6.33 Å². The van der Waals surface area contributed by atoms with Crippen LogP contribution in [0, 0.1) is 0 Å². The maximum atomic E-state index is 11.0. The number of hydrogen-bond acceptors (Lipinski definition) is 10.